The molecule has 1 aliphatic heterocycles. The number of hydrogen-bond acceptors (Lipinski definition) is 3. The van der Waals surface area contributed by atoms with Crippen LogP contribution in [0.5, 0.6) is 0 Å². The summed E-state index contributed by atoms with van der Waals surface area (Å²) < 4.78 is 12.5. The van der Waals surface area contributed by atoms with E-state index in [0.29, 0.717) is 5.56 Å². The molecule has 0 aromatic heterocycles. The number of nitriles is 1. The van der Waals surface area contributed by atoms with Crippen LogP contribution in [0.1, 0.15) is 76.5 Å². The van der Waals surface area contributed by atoms with Gasteiger partial charge in [-0.05, 0) is 98.7 Å². The molecule has 0 unspecified atom stereocenters. The van der Waals surface area contributed by atoms with Crippen molar-refractivity contribution in [1.29, 1.82) is 5.26 Å². The van der Waals surface area contributed by atoms with E-state index in [9.17, 15) is 9.65 Å². The standard InChI is InChI=1S/C20H23N.C9H11F.C6H14N2/c1-6-9-16(4)19(15(2)3)13-12-17(5)20-11-8-7-10-18(20)14-21;1-2-4-8-5-3-6-9(10)7-8;7-3-6-8-4-1-2-5-8/h7-8,10-13H,2,4,6,9H2,1,3,5H3;3,5-7H,2,4H2,1H3;1-7H2/b17-12+,19-13+;;. The third-order valence-electron chi connectivity index (χ3n) is 6.44. The number of nitrogens with two attached hydrogens (primary N) is 1. The van der Waals surface area contributed by atoms with Gasteiger partial charge in [-0.1, -0.05) is 87.9 Å². The molecule has 2 aromatic carbocycles. The quantitative estimate of drug-likeness (QED) is 0.313. The van der Waals surface area contributed by atoms with Crippen molar-refractivity contribution in [2.24, 2.45) is 5.73 Å². The Morgan fingerprint density at radius 3 is 2.28 bits per heavy atom. The van der Waals surface area contributed by atoms with E-state index < -0.39 is 0 Å². The molecule has 0 atom stereocenters. The van der Waals surface area contributed by atoms with Crippen LogP contribution in [0, 0.1) is 17.1 Å². The van der Waals surface area contributed by atoms with E-state index in [4.69, 9.17) is 5.73 Å². The van der Waals surface area contributed by atoms with Crippen LogP contribution < -0.4 is 5.73 Å². The molecule has 1 saturated heterocycles. The molecule has 0 aliphatic carbocycles. The van der Waals surface area contributed by atoms with Crippen LogP contribution in [-0.2, 0) is 6.42 Å². The van der Waals surface area contributed by atoms with Crippen molar-refractivity contribution in [3.05, 3.63) is 113 Å². The van der Waals surface area contributed by atoms with Crippen LogP contribution in [0.3, 0.4) is 0 Å². The molecular formula is C35H48FN3. The maximum atomic E-state index is 12.5. The average molecular weight is 530 g/mol. The normalized spacial score (nSPS) is 13.5. The lowest BCUT2D eigenvalue weighted by atomic mass is 9.95. The molecular weight excluding hydrogens is 481 g/mol. The molecule has 1 aliphatic rings. The molecule has 39 heavy (non-hydrogen) atoms. The summed E-state index contributed by atoms with van der Waals surface area (Å²) in [6.45, 7) is 20.9. The van der Waals surface area contributed by atoms with Crippen LogP contribution in [0.4, 0.5) is 4.39 Å². The third-order valence-corrected chi connectivity index (χ3v) is 6.44. The van der Waals surface area contributed by atoms with Gasteiger partial charge in [0.2, 0.25) is 0 Å². The Morgan fingerprint density at radius 1 is 1.03 bits per heavy atom. The number of rotatable bonds is 10. The van der Waals surface area contributed by atoms with Crippen molar-refractivity contribution >= 4 is 5.57 Å². The summed E-state index contributed by atoms with van der Waals surface area (Å²) in [7, 11) is 0. The fraction of sp³-hybridized carbons (Fsp3) is 0.400. The van der Waals surface area contributed by atoms with Crippen molar-refractivity contribution in [3.63, 3.8) is 0 Å². The molecule has 1 fully saturated rings. The Hall–Kier alpha value is -3.26. The van der Waals surface area contributed by atoms with Crippen LogP contribution in [-0.4, -0.2) is 31.1 Å². The lowest BCUT2D eigenvalue weighted by Gasteiger charge is -2.11. The summed E-state index contributed by atoms with van der Waals surface area (Å²) in [6, 6.07) is 16.6. The van der Waals surface area contributed by atoms with E-state index in [-0.39, 0.29) is 5.82 Å². The van der Waals surface area contributed by atoms with Gasteiger partial charge in [-0.2, -0.15) is 5.26 Å². The molecule has 0 bridgehead atoms. The highest BCUT2D eigenvalue weighted by Gasteiger charge is 2.08. The van der Waals surface area contributed by atoms with Gasteiger partial charge in [-0.3, -0.25) is 0 Å². The fourth-order valence-corrected chi connectivity index (χ4v) is 4.39. The van der Waals surface area contributed by atoms with E-state index in [1.165, 1.54) is 32.0 Å². The Bertz CT molecular complexity index is 1130. The molecule has 3 nitrogen and oxygen atoms in total. The molecule has 1 heterocycles. The first-order valence-corrected chi connectivity index (χ1v) is 14.2. The third kappa shape index (κ3) is 13.4. The van der Waals surface area contributed by atoms with Crippen molar-refractivity contribution in [2.75, 3.05) is 26.2 Å². The number of halogens is 1. The van der Waals surface area contributed by atoms with E-state index >= 15 is 0 Å². The van der Waals surface area contributed by atoms with Gasteiger partial charge in [-0.15, -0.1) is 0 Å². The second-order valence-electron chi connectivity index (χ2n) is 9.94. The SMILES string of the molecule is C=C(C)/C(=C\C=C(/C)c1ccccc1C#N)C(=C)CCC.CCCc1cccc(F)c1.NCCN1CCCC1. The number of hydrogen-bond donors (Lipinski definition) is 1. The van der Waals surface area contributed by atoms with E-state index in [1.807, 2.05) is 50.3 Å². The minimum Gasteiger partial charge on any atom is -0.329 e. The average Bonchev–Trinajstić information content (AvgIpc) is 3.43. The van der Waals surface area contributed by atoms with Gasteiger partial charge in [0.1, 0.15) is 5.82 Å². The molecule has 0 spiro atoms. The highest BCUT2D eigenvalue weighted by atomic mass is 19.1. The summed E-state index contributed by atoms with van der Waals surface area (Å²) in [4.78, 5) is 2.42. The first kappa shape index (κ1) is 33.8. The fourth-order valence-electron chi connectivity index (χ4n) is 4.39. The van der Waals surface area contributed by atoms with Crippen LogP contribution >= 0.6 is 0 Å². The van der Waals surface area contributed by atoms with Crippen LogP contribution in [0.2, 0.25) is 0 Å². The Morgan fingerprint density at radius 2 is 1.72 bits per heavy atom. The number of likely N-dealkylation sites (tertiary alicyclic amines) is 1. The Kier molecular flexibility index (Phi) is 17.1. The van der Waals surface area contributed by atoms with Crippen molar-refractivity contribution < 1.29 is 4.39 Å². The minimum absolute atomic E-state index is 0.133. The molecule has 0 radical (unpaired) electrons. The van der Waals surface area contributed by atoms with Gasteiger partial charge in [0.25, 0.3) is 0 Å². The number of allylic oxidation sites excluding steroid dienone is 6. The summed E-state index contributed by atoms with van der Waals surface area (Å²) >= 11 is 0. The molecule has 2 aromatic rings. The maximum absolute atomic E-state index is 12.5. The summed E-state index contributed by atoms with van der Waals surface area (Å²) in [5.74, 6) is -0.133. The van der Waals surface area contributed by atoms with E-state index in [1.54, 1.807) is 12.1 Å². The number of aryl methyl sites for hydroxylation is 1. The van der Waals surface area contributed by atoms with Crippen molar-refractivity contribution in [2.45, 2.75) is 66.2 Å². The van der Waals surface area contributed by atoms with Gasteiger partial charge >= 0.3 is 0 Å². The minimum atomic E-state index is -0.133. The Balaban J connectivity index is 0.000000345. The van der Waals surface area contributed by atoms with Crippen molar-refractivity contribution in [1.82, 2.24) is 4.90 Å². The first-order valence-electron chi connectivity index (χ1n) is 14.2. The molecule has 2 N–H and O–H groups in total. The highest BCUT2D eigenvalue weighted by Crippen LogP contribution is 2.23. The van der Waals surface area contributed by atoms with Crippen LogP contribution in [0.25, 0.3) is 5.57 Å². The molecule has 210 valence electrons. The molecule has 4 heteroatoms. The first-order chi connectivity index (χ1) is 18.8. The lowest BCUT2D eigenvalue weighted by Crippen LogP contribution is -2.26. The lowest BCUT2D eigenvalue weighted by molar-refractivity contribution is 0.349. The zero-order valence-corrected chi connectivity index (χ0v) is 24.6. The predicted octanol–water partition coefficient (Wildman–Crippen LogP) is 8.64. The second-order valence-corrected chi connectivity index (χ2v) is 9.94. The second kappa shape index (κ2) is 19.8. The van der Waals surface area contributed by atoms with Crippen molar-refractivity contribution in [3.8, 4) is 6.07 Å². The summed E-state index contributed by atoms with van der Waals surface area (Å²) in [5.41, 5.74) is 12.4. The summed E-state index contributed by atoms with van der Waals surface area (Å²) in [5, 5.41) is 9.17. The van der Waals surface area contributed by atoms with Crippen LogP contribution in [0.15, 0.2) is 90.6 Å². The molecule has 0 saturated carbocycles. The summed E-state index contributed by atoms with van der Waals surface area (Å²) in [6.07, 6.45) is 10.9. The Labute approximate surface area is 237 Å². The largest absolute Gasteiger partial charge is 0.329 e. The smallest absolute Gasteiger partial charge is 0.123 e. The molecule has 3 rings (SSSR count). The van der Waals surface area contributed by atoms with Gasteiger partial charge in [0, 0.05) is 13.1 Å². The topological polar surface area (TPSA) is 53.1 Å². The zero-order valence-electron chi connectivity index (χ0n) is 24.6. The zero-order chi connectivity index (χ0) is 29.0. The highest BCUT2D eigenvalue weighted by molar-refractivity contribution is 5.70. The van der Waals surface area contributed by atoms with Gasteiger partial charge in [-0.25, -0.2) is 4.39 Å². The monoisotopic (exact) mass is 529 g/mol. The van der Waals surface area contributed by atoms with E-state index in [0.717, 1.165) is 72.2 Å². The van der Waals surface area contributed by atoms with Gasteiger partial charge in [0.15, 0.2) is 0 Å². The number of nitrogens with zero attached hydrogens (tertiary/aromatic N) is 2. The number of benzene rings is 2. The van der Waals surface area contributed by atoms with Gasteiger partial charge < -0.3 is 10.6 Å². The van der Waals surface area contributed by atoms with E-state index in [2.05, 4.69) is 44.1 Å². The molecule has 0 amide bonds. The maximum Gasteiger partial charge on any atom is 0.123 e. The predicted molar refractivity (Wildman–Crippen MR) is 167 cm³/mol. The van der Waals surface area contributed by atoms with Gasteiger partial charge in [0.05, 0.1) is 11.6 Å².